The minimum atomic E-state index is -0.0660. The molecule has 0 unspecified atom stereocenters. The molecule has 0 bridgehead atoms. The topological polar surface area (TPSA) is 41.1 Å². The van der Waals surface area contributed by atoms with E-state index in [1.54, 1.807) is 6.07 Å². The monoisotopic (exact) mass is 274 g/mol. The van der Waals surface area contributed by atoms with E-state index in [0.29, 0.717) is 11.6 Å². The van der Waals surface area contributed by atoms with Gasteiger partial charge in [0.2, 0.25) is 5.91 Å². The van der Waals surface area contributed by atoms with E-state index >= 15 is 0 Å². The van der Waals surface area contributed by atoms with Crippen LogP contribution in [0.15, 0.2) is 54.6 Å². The van der Waals surface area contributed by atoms with Gasteiger partial charge in [0, 0.05) is 6.54 Å². The lowest BCUT2D eigenvalue weighted by Gasteiger charge is -2.09. The summed E-state index contributed by atoms with van der Waals surface area (Å²) >= 11 is 5.99. The molecule has 4 heteroatoms. The largest absolute Gasteiger partial charge is 0.375 e. The third-order valence-electron chi connectivity index (χ3n) is 2.65. The van der Waals surface area contributed by atoms with Crippen LogP contribution in [0.1, 0.15) is 5.56 Å². The fourth-order valence-corrected chi connectivity index (χ4v) is 1.84. The second-order valence-corrected chi connectivity index (χ2v) is 4.50. The Labute approximate surface area is 117 Å². The van der Waals surface area contributed by atoms with Crippen molar-refractivity contribution in [3.63, 3.8) is 0 Å². The molecule has 2 N–H and O–H groups in total. The van der Waals surface area contributed by atoms with Gasteiger partial charge in [-0.1, -0.05) is 54.1 Å². The highest BCUT2D eigenvalue weighted by Gasteiger charge is 2.03. The highest BCUT2D eigenvalue weighted by atomic mass is 35.5. The number of hydrogen-bond donors (Lipinski definition) is 2. The second kappa shape index (κ2) is 6.81. The summed E-state index contributed by atoms with van der Waals surface area (Å²) in [6.45, 7) is 0.737. The van der Waals surface area contributed by atoms with Gasteiger partial charge in [-0.3, -0.25) is 4.79 Å². The van der Waals surface area contributed by atoms with E-state index in [9.17, 15) is 4.79 Å². The number of carbonyl (C=O) groups excluding carboxylic acids is 1. The van der Waals surface area contributed by atoms with Crippen LogP contribution >= 0.6 is 11.6 Å². The Morgan fingerprint density at radius 1 is 1.00 bits per heavy atom. The molecule has 19 heavy (non-hydrogen) atoms. The molecule has 0 aliphatic heterocycles. The van der Waals surface area contributed by atoms with Gasteiger partial charge in [-0.05, 0) is 17.7 Å². The molecule has 0 aliphatic carbocycles. The molecule has 0 atom stereocenters. The Morgan fingerprint density at radius 3 is 2.42 bits per heavy atom. The summed E-state index contributed by atoms with van der Waals surface area (Å²) in [6, 6.07) is 17.1. The summed E-state index contributed by atoms with van der Waals surface area (Å²) < 4.78 is 0. The molecule has 0 saturated carbocycles. The maximum absolute atomic E-state index is 11.7. The van der Waals surface area contributed by atoms with Crippen molar-refractivity contribution in [2.45, 2.75) is 6.54 Å². The number of amides is 1. The molecule has 0 aliphatic rings. The van der Waals surface area contributed by atoms with Crippen LogP contribution in [0.5, 0.6) is 0 Å². The van der Waals surface area contributed by atoms with Crippen molar-refractivity contribution in [1.82, 2.24) is 5.32 Å². The number of nitrogens with one attached hydrogen (secondary N) is 2. The van der Waals surface area contributed by atoms with Crippen LogP contribution in [0.3, 0.4) is 0 Å². The van der Waals surface area contributed by atoms with E-state index in [2.05, 4.69) is 10.6 Å². The SMILES string of the molecule is O=C(CNc1ccccc1Cl)NCc1ccccc1. The third-order valence-corrected chi connectivity index (χ3v) is 2.98. The predicted molar refractivity (Wildman–Crippen MR) is 78.2 cm³/mol. The van der Waals surface area contributed by atoms with E-state index < -0.39 is 0 Å². The first-order valence-corrected chi connectivity index (χ1v) is 6.42. The predicted octanol–water partition coefficient (Wildman–Crippen LogP) is 3.07. The van der Waals surface area contributed by atoms with E-state index in [4.69, 9.17) is 11.6 Å². The molecule has 0 aromatic heterocycles. The normalized spacial score (nSPS) is 9.95. The average molecular weight is 275 g/mol. The zero-order valence-corrected chi connectivity index (χ0v) is 11.2. The maximum Gasteiger partial charge on any atom is 0.239 e. The second-order valence-electron chi connectivity index (χ2n) is 4.10. The zero-order chi connectivity index (χ0) is 13.5. The molecule has 98 valence electrons. The number of para-hydroxylation sites is 1. The molecular formula is C15H15ClN2O. The quantitative estimate of drug-likeness (QED) is 0.880. The van der Waals surface area contributed by atoms with E-state index in [1.807, 2.05) is 48.5 Å². The average Bonchev–Trinajstić information content (AvgIpc) is 2.45. The summed E-state index contributed by atoms with van der Waals surface area (Å²) in [5, 5.41) is 6.46. The smallest absolute Gasteiger partial charge is 0.239 e. The van der Waals surface area contributed by atoms with Crippen molar-refractivity contribution < 1.29 is 4.79 Å². The van der Waals surface area contributed by atoms with E-state index in [1.165, 1.54) is 0 Å². The Bertz CT molecular complexity index is 543. The lowest BCUT2D eigenvalue weighted by molar-refractivity contribution is -0.119. The highest BCUT2D eigenvalue weighted by molar-refractivity contribution is 6.33. The Hall–Kier alpha value is -2.00. The summed E-state index contributed by atoms with van der Waals surface area (Å²) in [5.74, 6) is -0.0660. The van der Waals surface area contributed by atoms with Gasteiger partial charge in [-0.2, -0.15) is 0 Å². The van der Waals surface area contributed by atoms with Crippen LogP contribution in [0.4, 0.5) is 5.69 Å². The molecule has 3 nitrogen and oxygen atoms in total. The number of hydrogen-bond acceptors (Lipinski definition) is 2. The third kappa shape index (κ3) is 4.30. The lowest BCUT2D eigenvalue weighted by Crippen LogP contribution is -2.29. The number of anilines is 1. The van der Waals surface area contributed by atoms with Crippen LogP contribution in [-0.4, -0.2) is 12.5 Å². The number of carbonyl (C=O) groups is 1. The first kappa shape index (κ1) is 13.4. The first-order valence-electron chi connectivity index (χ1n) is 6.05. The molecule has 2 aromatic carbocycles. The lowest BCUT2D eigenvalue weighted by atomic mass is 10.2. The Kier molecular flexibility index (Phi) is 4.81. The van der Waals surface area contributed by atoms with Gasteiger partial charge in [0.25, 0.3) is 0 Å². The van der Waals surface area contributed by atoms with Gasteiger partial charge >= 0.3 is 0 Å². The fourth-order valence-electron chi connectivity index (χ4n) is 1.64. The molecular weight excluding hydrogens is 260 g/mol. The van der Waals surface area contributed by atoms with Crippen molar-refractivity contribution in [2.24, 2.45) is 0 Å². The number of halogens is 1. The highest BCUT2D eigenvalue weighted by Crippen LogP contribution is 2.19. The fraction of sp³-hybridized carbons (Fsp3) is 0.133. The first-order chi connectivity index (χ1) is 9.25. The standard InChI is InChI=1S/C15H15ClN2O/c16-13-8-4-5-9-14(13)17-11-15(19)18-10-12-6-2-1-3-7-12/h1-9,17H,10-11H2,(H,18,19). The van der Waals surface area contributed by atoms with Crippen molar-refractivity contribution >= 4 is 23.2 Å². The summed E-state index contributed by atoms with van der Waals surface area (Å²) in [5.41, 5.74) is 1.84. The van der Waals surface area contributed by atoms with Crippen molar-refractivity contribution in [3.8, 4) is 0 Å². The summed E-state index contributed by atoms with van der Waals surface area (Å²) in [7, 11) is 0. The van der Waals surface area contributed by atoms with E-state index in [0.717, 1.165) is 11.3 Å². The molecule has 0 saturated heterocycles. The van der Waals surface area contributed by atoms with Gasteiger partial charge in [0.15, 0.2) is 0 Å². The zero-order valence-electron chi connectivity index (χ0n) is 10.4. The van der Waals surface area contributed by atoms with Gasteiger partial charge in [0.1, 0.15) is 0 Å². The van der Waals surface area contributed by atoms with Gasteiger partial charge < -0.3 is 10.6 Å². The maximum atomic E-state index is 11.7. The van der Waals surface area contributed by atoms with Crippen LogP contribution in [-0.2, 0) is 11.3 Å². The van der Waals surface area contributed by atoms with Gasteiger partial charge in [0.05, 0.1) is 17.3 Å². The minimum absolute atomic E-state index is 0.0660. The Balaban J connectivity index is 1.78. The molecule has 2 aromatic rings. The van der Waals surface area contributed by atoms with E-state index in [-0.39, 0.29) is 12.5 Å². The molecule has 0 heterocycles. The van der Waals surface area contributed by atoms with Crippen LogP contribution in [0, 0.1) is 0 Å². The van der Waals surface area contributed by atoms with Crippen LogP contribution < -0.4 is 10.6 Å². The Morgan fingerprint density at radius 2 is 1.68 bits per heavy atom. The number of rotatable bonds is 5. The van der Waals surface area contributed by atoms with Crippen LogP contribution in [0.25, 0.3) is 0 Å². The summed E-state index contributed by atoms with van der Waals surface area (Å²) in [4.78, 5) is 11.7. The van der Waals surface area contributed by atoms with Gasteiger partial charge in [-0.25, -0.2) is 0 Å². The van der Waals surface area contributed by atoms with Crippen molar-refractivity contribution in [2.75, 3.05) is 11.9 Å². The molecule has 0 spiro atoms. The minimum Gasteiger partial charge on any atom is -0.375 e. The van der Waals surface area contributed by atoms with Crippen molar-refractivity contribution in [3.05, 3.63) is 65.2 Å². The van der Waals surface area contributed by atoms with Crippen molar-refractivity contribution in [1.29, 1.82) is 0 Å². The summed E-state index contributed by atoms with van der Waals surface area (Å²) in [6.07, 6.45) is 0. The number of benzene rings is 2. The molecule has 1 amide bonds. The molecule has 0 fully saturated rings. The van der Waals surface area contributed by atoms with Gasteiger partial charge in [-0.15, -0.1) is 0 Å². The molecule has 0 radical (unpaired) electrons. The van der Waals surface area contributed by atoms with Crippen LogP contribution in [0.2, 0.25) is 5.02 Å². The molecule has 2 rings (SSSR count).